The zero-order valence-corrected chi connectivity index (χ0v) is 11.8. The van der Waals surface area contributed by atoms with Crippen molar-refractivity contribution in [1.29, 1.82) is 0 Å². The van der Waals surface area contributed by atoms with Gasteiger partial charge in [0.2, 0.25) is 5.95 Å². The van der Waals surface area contributed by atoms with E-state index >= 15 is 0 Å². The number of nitrogen functional groups attached to an aromatic ring is 1. The molecule has 0 aliphatic heterocycles. The molecule has 3 rings (SSSR count). The molecule has 1 saturated carbocycles. The maximum Gasteiger partial charge on any atom is 0.223 e. The zero-order chi connectivity index (χ0) is 13.9. The van der Waals surface area contributed by atoms with Crippen LogP contribution in [0.5, 0.6) is 0 Å². The fourth-order valence-corrected chi connectivity index (χ4v) is 2.97. The fourth-order valence-electron chi connectivity index (χ4n) is 2.97. The average Bonchev–Trinajstić information content (AvgIpc) is 2.47. The normalized spacial score (nSPS) is 16.2. The Morgan fingerprint density at radius 3 is 2.30 bits per heavy atom. The molecule has 1 aromatic heterocycles. The Kier molecular flexibility index (Phi) is 3.63. The highest BCUT2D eigenvalue weighted by Crippen LogP contribution is 2.33. The molecule has 0 atom stereocenters. The standard InChI is InChI=1S/C16H20N4/c1-11-18-15(20-16(17)19-11)14-9-7-13(8-10-14)12-5-3-2-4-6-12/h7-10,12H,2-6H2,1H3,(H2,17,18,19,20). The van der Waals surface area contributed by atoms with Crippen molar-refractivity contribution in [1.82, 2.24) is 15.0 Å². The molecule has 2 aromatic rings. The van der Waals surface area contributed by atoms with Crippen molar-refractivity contribution in [2.45, 2.75) is 44.9 Å². The summed E-state index contributed by atoms with van der Waals surface area (Å²) in [5, 5.41) is 0. The molecule has 0 amide bonds. The summed E-state index contributed by atoms with van der Waals surface area (Å²) in [6.07, 6.45) is 6.73. The van der Waals surface area contributed by atoms with Gasteiger partial charge in [0.25, 0.3) is 0 Å². The third-order valence-electron chi connectivity index (χ3n) is 4.01. The molecule has 2 N–H and O–H groups in total. The van der Waals surface area contributed by atoms with Gasteiger partial charge in [0.05, 0.1) is 0 Å². The highest BCUT2D eigenvalue weighted by molar-refractivity contribution is 5.56. The summed E-state index contributed by atoms with van der Waals surface area (Å²) in [4.78, 5) is 12.6. The lowest BCUT2D eigenvalue weighted by molar-refractivity contribution is 0.443. The molecule has 20 heavy (non-hydrogen) atoms. The van der Waals surface area contributed by atoms with Gasteiger partial charge in [-0.15, -0.1) is 0 Å². The summed E-state index contributed by atoms with van der Waals surface area (Å²) >= 11 is 0. The van der Waals surface area contributed by atoms with Gasteiger partial charge in [-0.3, -0.25) is 0 Å². The lowest BCUT2D eigenvalue weighted by Gasteiger charge is -2.22. The van der Waals surface area contributed by atoms with E-state index in [0.29, 0.717) is 11.6 Å². The van der Waals surface area contributed by atoms with Crippen LogP contribution in [-0.2, 0) is 0 Å². The van der Waals surface area contributed by atoms with Crippen molar-refractivity contribution in [3.63, 3.8) is 0 Å². The molecule has 0 spiro atoms. The van der Waals surface area contributed by atoms with Gasteiger partial charge in [-0.2, -0.15) is 9.97 Å². The van der Waals surface area contributed by atoms with Crippen LogP contribution in [0.2, 0.25) is 0 Å². The summed E-state index contributed by atoms with van der Waals surface area (Å²) < 4.78 is 0. The Bertz CT molecular complexity index is 566. The Hall–Kier alpha value is -1.97. The van der Waals surface area contributed by atoms with Crippen LogP contribution in [0.1, 0.15) is 49.4 Å². The van der Waals surface area contributed by atoms with E-state index in [2.05, 4.69) is 39.2 Å². The minimum Gasteiger partial charge on any atom is -0.368 e. The molecule has 1 aromatic carbocycles. The van der Waals surface area contributed by atoms with Crippen LogP contribution in [-0.4, -0.2) is 15.0 Å². The minimum atomic E-state index is 0.281. The molecule has 1 fully saturated rings. The second-order valence-electron chi connectivity index (χ2n) is 5.52. The molecule has 4 heteroatoms. The van der Waals surface area contributed by atoms with Crippen LogP contribution in [0, 0.1) is 6.92 Å². The molecule has 4 nitrogen and oxygen atoms in total. The van der Waals surface area contributed by atoms with Crippen molar-refractivity contribution in [3.05, 3.63) is 35.7 Å². The Labute approximate surface area is 119 Å². The molecule has 0 unspecified atom stereocenters. The lowest BCUT2D eigenvalue weighted by Crippen LogP contribution is -2.05. The smallest absolute Gasteiger partial charge is 0.223 e. The van der Waals surface area contributed by atoms with Crippen LogP contribution in [0.4, 0.5) is 5.95 Å². The quantitative estimate of drug-likeness (QED) is 0.905. The number of benzene rings is 1. The van der Waals surface area contributed by atoms with E-state index in [1.54, 1.807) is 0 Å². The predicted octanol–water partition coefficient (Wildman–Crippen LogP) is 3.48. The molecular formula is C16H20N4. The van der Waals surface area contributed by atoms with Crippen molar-refractivity contribution < 1.29 is 0 Å². The first-order chi connectivity index (χ1) is 9.72. The van der Waals surface area contributed by atoms with Crippen molar-refractivity contribution >= 4 is 5.95 Å². The van der Waals surface area contributed by atoms with E-state index in [1.807, 2.05) is 6.92 Å². The highest BCUT2D eigenvalue weighted by atomic mass is 15.1. The van der Waals surface area contributed by atoms with Crippen LogP contribution >= 0.6 is 0 Å². The number of rotatable bonds is 2. The first kappa shape index (κ1) is 13.0. The molecule has 1 aliphatic rings. The Balaban J connectivity index is 1.85. The summed E-state index contributed by atoms with van der Waals surface area (Å²) in [6, 6.07) is 8.61. The van der Waals surface area contributed by atoms with E-state index < -0.39 is 0 Å². The molecule has 0 bridgehead atoms. The summed E-state index contributed by atoms with van der Waals surface area (Å²) in [5.74, 6) is 2.32. The Morgan fingerprint density at radius 2 is 1.65 bits per heavy atom. The summed E-state index contributed by atoms with van der Waals surface area (Å²) in [7, 11) is 0. The van der Waals surface area contributed by atoms with E-state index in [4.69, 9.17) is 5.73 Å². The molecule has 1 aliphatic carbocycles. The number of hydrogen-bond acceptors (Lipinski definition) is 4. The minimum absolute atomic E-state index is 0.281. The third-order valence-corrected chi connectivity index (χ3v) is 4.01. The monoisotopic (exact) mass is 268 g/mol. The predicted molar refractivity (Wildman–Crippen MR) is 80.2 cm³/mol. The molecule has 1 heterocycles. The third kappa shape index (κ3) is 2.79. The first-order valence-electron chi connectivity index (χ1n) is 7.31. The van der Waals surface area contributed by atoms with E-state index in [9.17, 15) is 0 Å². The van der Waals surface area contributed by atoms with Gasteiger partial charge in [0, 0.05) is 5.56 Å². The number of anilines is 1. The topological polar surface area (TPSA) is 64.7 Å². The first-order valence-corrected chi connectivity index (χ1v) is 7.31. The number of aryl methyl sites for hydroxylation is 1. The molecular weight excluding hydrogens is 248 g/mol. The summed E-state index contributed by atoms with van der Waals surface area (Å²) in [6.45, 7) is 1.83. The molecule has 0 radical (unpaired) electrons. The van der Waals surface area contributed by atoms with E-state index in [-0.39, 0.29) is 5.95 Å². The van der Waals surface area contributed by atoms with Crippen molar-refractivity contribution in [2.24, 2.45) is 0 Å². The SMILES string of the molecule is Cc1nc(N)nc(-c2ccc(C3CCCCC3)cc2)n1. The van der Waals surface area contributed by atoms with E-state index in [0.717, 1.165) is 11.5 Å². The van der Waals surface area contributed by atoms with Crippen LogP contribution in [0.25, 0.3) is 11.4 Å². The van der Waals surface area contributed by atoms with Gasteiger partial charge in [-0.1, -0.05) is 43.5 Å². The molecule has 104 valence electrons. The number of nitrogens with zero attached hydrogens (tertiary/aromatic N) is 3. The largest absolute Gasteiger partial charge is 0.368 e. The lowest BCUT2D eigenvalue weighted by atomic mass is 9.84. The average molecular weight is 268 g/mol. The number of hydrogen-bond donors (Lipinski definition) is 1. The highest BCUT2D eigenvalue weighted by Gasteiger charge is 2.15. The van der Waals surface area contributed by atoms with Crippen molar-refractivity contribution in [2.75, 3.05) is 5.73 Å². The maximum atomic E-state index is 5.68. The molecule has 0 saturated heterocycles. The van der Waals surface area contributed by atoms with Crippen LogP contribution < -0.4 is 5.73 Å². The van der Waals surface area contributed by atoms with Crippen LogP contribution in [0.3, 0.4) is 0 Å². The van der Waals surface area contributed by atoms with Gasteiger partial charge in [-0.25, -0.2) is 4.98 Å². The van der Waals surface area contributed by atoms with Gasteiger partial charge in [-0.05, 0) is 31.2 Å². The van der Waals surface area contributed by atoms with Gasteiger partial charge >= 0.3 is 0 Å². The fraction of sp³-hybridized carbons (Fsp3) is 0.438. The number of nitrogens with two attached hydrogens (primary N) is 1. The maximum absolute atomic E-state index is 5.68. The van der Waals surface area contributed by atoms with Gasteiger partial charge in [0.1, 0.15) is 5.82 Å². The van der Waals surface area contributed by atoms with Gasteiger partial charge in [0.15, 0.2) is 5.82 Å². The zero-order valence-electron chi connectivity index (χ0n) is 11.8. The van der Waals surface area contributed by atoms with E-state index in [1.165, 1.54) is 37.7 Å². The number of aromatic nitrogens is 3. The van der Waals surface area contributed by atoms with Crippen molar-refractivity contribution in [3.8, 4) is 11.4 Å². The van der Waals surface area contributed by atoms with Gasteiger partial charge < -0.3 is 5.73 Å². The van der Waals surface area contributed by atoms with Crippen LogP contribution in [0.15, 0.2) is 24.3 Å². The summed E-state index contributed by atoms with van der Waals surface area (Å²) in [5.41, 5.74) is 8.12. The second kappa shape index (κ2) is 5.57. The Morgan fingerprint density at radius 1 is 0.950 bits per heavy atom. The second-order valence-corrected chi connectivity index (χ2v) is 5.52.